The van der Waals surface area contributed by atoms with Crippen molar-refractivity contribution in [2.75, 3.05) is 23.8 Å². The first-order valence-electron chi connectivity index (χ1n) is 14.5. The van der Waals surface area contributed by atoms with Crippen LogP contribution in [-0.2, 0) is 11.8 Å². The second-order valence-electron chi connectivity index (χ2n) is 11.2. The van der Waals surface area contributed by atoms with Crippen molar-refractivity contribution in [3.63, 3.8) is 0 Å². The van der Waals surface area contributed by atoms with E-state index < -0.39 is 24.5 Å². The maximum atomic E-state index is 11.0. The van der Waals surface area contributed by atoms with Crippen molar-refractivity contribution in [1.29, 1.82) is 0 Å². The summed E-state index contributed by atoms with van der Waals surface area (Å²) in [6.45, 7) is 4.37. The molecule has 44 heavy (non-hydrogen) atoms. The number of aliphatic hydroxyl groups excluding tert-OH is 3. The van der Waals surface area contributed by atoms with Crippen molar-refractivity contribution in [1.82, 2.24) is 39.7 Å². The molecule has 0 spiro atoms. The highest BCUT2D eigenvalue weighted by molar-refractivity contribution is 5.84. The molecule has 5 atom stereocenters. The normalized spacial score (nSPS) is 20.9. The molecule has 3 aromatic heterocycles. The average molecular weight is 601 g/mol. The van der Waals surface area contributed by atoms with Gasteiger partial charge in [-0.05, 0) is 22.3 Å². The number of anilines is 2. The number of imidazole rings is 1. The van der Waals surface area contributed by atoms with Gasteiger partial charge < -0.3 is 30.7 Å². The number of ether oxygens (including phenoxy) is 1. The van der Waals surface area contributed by atoms with Crippen LogP contribution >= 0.6 is 0 Å². The molecule has 0 bridgehead atoms. The van der Waals surface area contributed by atoms with Crippen molar-refractivity contribution in [3.05, 3.63) is 83.9 Å². The Kier molecular flexibility index (Phi) is 8.48. The largest absolute Gasteiger partial charge is 0.394 e. The number of benzene rings is 2. The van der Waals surface area contributed by atoms with Crippen LogP contribution in [0.5, 0.6) is 0 Å². The molecule has 5 aromatic rings. The molecular formula is C30H36N10O4. The number of aliphatic hydroxyl groups is 3. The lowest BCUT2D eigenvalue weighted by Gasteiger charge is -2.22. The van der Waals surface area contributed by atoms with Crippen LogP contribution in [0.2, 0.25) is 0 Å². The summed E-state index contributed by atoms with van der Waals surface area (Å²) in [6.07, 6.45) is -3.18. The van der Waals surface area contributed by atoms with E-state index >= 15 is 0 Å². The molecule has 5 N–H and O–H groups in total. The van der Waals surface area contributed by atoms with Gasteiger partial charge in [-0.1, -0.05) is 74.5 Å². The van der Waals surface area contributed by atoms with Crippen LogP contribution in [0.3, 0.4) is 0 Å². The van der Waals surface area contributed by atoms with Crippen LogP contribution in [0.15, 0.2) is 67.0 Å². The molecule has 14 heteroatoms. The fourth-order valence-corrected chi connectivity index (χ4v) is 5.39. The molecular weight excluding hydrogens is 564 g/mol. The van der Waals surface area contributed by atoms with Crippen molar-refractivity contribution in [2.24, 2.45) is 13.0 Å². The molecule has 4 heterocycles. The highest BCUT2D eigenvalue weighted by Crippen LogP contribution is 2.39. The van der Waals surface area contributed by atoms with Gasteiger partial charge in [0, 0.05) is 12.5 Å². The molecule has 0 amide bonds. The minimum absolute atomic E-state index is 0.0112. The maximum Gasteiger partial charge on any atom is 0.227 e. The number of hydrogen-bond donors (Lipinski definition) is 5. The number of tetrazole rings is 1. The monoisotopic (exact) mass is 600 g/mol. The van der Waals surface area contributed by atoms with Crippen molar-refractivity contribution >= 4 is 22.9 Å². The Balaban J connectivity index is 1.37. The number of aryl methyl sites for hydroxylation is 1. The first kappa shape index (κ1) is 29.6. The summed E-state index contributed by atoms with van der Waals surface area (Å²) in [4.78, 5) is 15.3. The van der Waals surface area contributed by atoms with E-state index in [0.717, 1.165) is 11.1 Å². The minimum atomic E-state index is -1.33. The average Bonchev–Trinajstić information content (AvgIpc) is 3.74. The van der Waals surface area contributed by atoms with Gasteiger partial charge in [-0.15, -0.1) is 10.2 Å². The fourth-order valence-electron chi connectivity index (χ4n) is 5.39. The predicted molar refractivity (Wildman–Crippen MR) is 162 cm³/mol. The lowest BCUT2D eigenvalue weighted by atomic mass is 9.91. The molecule has 0 saturated carbocycles. The Morgan fingerprint density at radius 1 is 0.955 bits per heavy atom. The lowest BCUT2D eigenvalue weighted by Crippen LogP contribution is -2.31. The van der Waals surface area contributed by atoms with Crippen molar-refractivity contribution in [3.8, 4) is 0 Å². The van der Waals surface area contributed by atoms with E-state index in [2.05, 4.69) is 55.3 Å². The van der Waals surface area contributed by atoms with Gasteiger partial charge in [0.15, 0.2) is 29.3 Å². The van der Waals surface area contributed by atoms with Crippen LogP contribution in [0, 0.1) is 5.92 Å². The van der Waals surface area contributed by atoms with Gasteiger partial charge in [0.25, 0.3) is 0 Å². The number of rotatable bonds is 11. The van der Waals surface area contributed by atoms with Crippen molar-refractivity contribution in [2.45, 2.75) is 50.3 Å². The topological polar surface area (TPSA) is 181 Å². The molecule has 1 saturated heterocycles. The van der Waals surface area contributed by atoms with E-state index in [9.17, 15) is 15.3 Å². The maximum absolute atomic E-state index is 11.0. The van der Waals surface area contributed by atoms with Gasteiger partial charge in [-0.2, -0.15) is 14.8 Å². The summed E-state index contributed by atoms with van der Waals surface area (Å²) in [6, 6.07) is 20.1. The summed E-state index contributed by atoms with van der Waals surface area (Å²) in [5.74, 6) is 0.994. The summed E-state index contributed by atoms with van der Waals surface area (Å²) in [7, 11) is 1.60. The number of fused-ring (bicyclic) bond motifs is 1. The first-order chi connectivity index (χ1) is 21.3. The Morgan fingerprint density at radius 2 is 1.64 bits per heavy atom. The third-order valence-electron chi connectivity index (χ3n) is 7.91. The standard InChI is InChI=1S/C30H36N10O4/c1-17(2)21(15-41)33-30-34-26(31-14-20(18-10-6-4-7-11-18)19-12-8-5-9-13-19)22-28(35-30)40(16-32-22)29-24(43)23(42)25(44-29)27-36-38-39(3)37-27/h4-13,16-17,20-21,23-25,29,41-43H,14-15H2,1-3H3,(H2,31,33,34,35)/t21-,23+,24-,25+,29-/m1/s1. The predicted octanol–water partition coefficient (Wildman–Crippen LogP) is 2.01. The van der Waals surface area contributed by atoms with Crippen molar-refractivity contribution < 1.29 is 20.1 Å². The van der Waals surface area contributed by atoms with Crippen LogP contribution in [0.25, 0.3) is 11.2 Å². The third-order valence-corrected chi connectivity index (χ3v) is 7.91. The third kappa shape index (κ3) is 5.84. The van der Waals surface area contributed by atoms with Gasteiger partial charge in [-0.25, -0.2) is 4.98 Å². The zero-order valence-electron chi connectivity index (χ0n) is 24.6. The van der Waals surface area contributed by atoms with Gasteiger partial charge in [0.1, 0.15) is 12.2 Å². The molecule has 1 fully saturated rings. The zero-order valence-corrected chi connectivity index (χ0v) is 24.6. The number of hydrogen-bond acceptors (Lipinski definition) is 12. The zero-order chi connectivity index (χ0) is 30.8. The number of nitrogens with one attached hydrogen (secondary N) is 2. The van der Waals surface area contributed by atoms with Crippen LogP contribution in [-0.4, -0.2) is 86.4 Å². The lowest BCUT2D eigenvalue weighted by molar-refractivity contribution is -0.0384. The van der Waals surface area contributed by atoms with E-state index in [-0.39, 0.29) is 36.3 Å². The SMILES string of the molecule is CC(C)[C@@H](CO)Nc1nc(NCC(c2ccccc2)c2ccccc2)c2ncn([C@@H]3O[C@H](c4nnn(C)n4)[C@@H](O)[C@H]3O)c2n1. The first-order valence-corrected chi connectivity index (χ1v) is 14.5. The van der Waals surface area contributed by atoms with Gasteiger partial charge in [0.05, 0.1) is 26.0 Å². The molecule has 0 unspecified atom stereocenters. The van der Waals surface area contributed by atoms with Gasteiger partial charge >= 0.3 is 0 Å². The summed E-state index contributed by atoms with van der Waals surface area (Å²) >= 11 is 0. The fraction of sp³-hybridized carbons (Fsp3) is 0.400. The summed E-state index contributed by atoms with van der Waals surface area (Å²) in [5.41, 5.74) is 3.10. The molecule has 0 aliphatic carbocycles. The number of aromatic nitrogens is 8. The minimum Gasteiger partial charge on any atom is -0.394 e. The van der Waals surface area contributed by atoms with E-state index in [1.54, 1.807) is 11.6 Å². The quantitative estimate of drug-likeness (QED) is 0.149. The second kappa shape index (κ2) is 12.6. The van der Waals surface area contributed by atoms with E-state index in [1.807, 2.05) is 50.2 Å². The van der Waals surface area contributed by atoms with E-state index in [4.69, 9.17) is 14.7 Å². The number of nitrogens with zero attached hydrogens (tertiary/aromatic N) is 8. The van der Waals surface area contributed by atoms with Crippen LogP contribution < -0.4 is 10.6 Å². The van der Waals surface area contributed by atoms with Crippen LogP contribution in [0.4, 0.5) is 11.8 Å². The van der Waals surface area contributed by atoms with E-state index in [0.29, 0.717) is 23.5 Å². The van der Waals surface area contributed by atoms with Gasteiger partial charge in [-0.3, -0.25) is 4.57 Å². The molecule has 0 radical (unpaired) electrons. The Morgan fingerprint density at radius 3 is 2.23 bits per heavy atom. The van der Waals surface area contributed by atoms with E-state index in [1.165, 1.54) is 11.1 Å². The smallest absolute Gasteiger partial charge is 0.227 e. The highest BCUT2D eigenvalue weighted by Gasteiger charge is 2.47. The second-order valence-corrected chi connectivity index (χ2v) is 11.2. The summed E-state index contributed by atoms with van der Waals surface area (Å²) < 4.78 is 7.64. The molecule has 230 valence electrons. The Bertz CT molecular complexity index is 1640. The molecule has 14 nitrogen and oxygen atoms in total. The molecule has 2 aromatic carbocycles. The summed E-state index contributed by atoms with van der Waals surface area (Å²) in [5, 5.41) is 50.5. The van der Waals surface area contributed by atoms with Crippen LogP contribution in [0.1, 0.15) is 49.0 Å². The molecule has 6 rings (SSSR count). The molecule has 1 aliphatic heterocycles. The Hall–Kier alpha value is -4.50. The highest BCUT2D eigenvalue weighted by atomic mass is 16.6. The van der Waals surface area contributed by atoms with Gasteiger partial charge in [0.2, 0.25) is 11.8 Å². The molecule has 1 aliphatic rings. The Labute approximate surface area is 253 Å².